The quantitative estimate of drug-likeness (QED) is 0.848. The molecule has 0 radical (unpaired) electrons. The molecule has 116 valence electrons. The van der Waals surface area contributed by atoms with Crippen LogP contribution in [0.25, 0.3) is 0 Å². The van der Waals surface area contributed by atoms with E-state index < -0.39 is 12.2 Å². The Kier molecular flexibility index (Phi) is 6.65. The fraction of sp³-hybridized carbons (Fsp3) is 0.278. The first-order chi connectivity index (χ1) is 10.7. The SMILES string of the molecule is CCSC(=O)[C@@H](OCc1ccccc1)[C@H](O)c1ccccc1. The molecule has 0 saturated heterocycles. The Labute approximate surface area is 135 Å². The number of carbonyl (C=O) groups excluding carboxylic acids is 1. The van der Waals surface area contributed by atoms with Crippen LogP contribution in [-0.4, -0.2) is 22.1 Å². The topological polar surface area (TPSA) is 46.5 Å². The van der Waals surface area contributed by atoms with Crippen LogP contribution in [0.15, 0.2) is 60.7 Å². The van der Waals surface area contributed by atoms with Gasteiger partial charge in [0, 0.05) is 0 Å². The lowest BCUT2D eigenvalue weighted by molar-refractivity contribution is -0.131. The fourth-order valence-corrected chi connectivity index (χ4v) is 2.74. The zero-order valence-corrected chi connectivity index (χ0v) is 13.3. The van der Waals surface area contributed by atoms with E-state index >= 15 is 0 Å². The van der Waals surface area contributed by atoms with Gasteiger partial charge in [0.1, 0.15) is 6.10 Å². The molecule has 0 fully saturated rings. The minimum atomic E-state index is -0.962. The van der Waals surface area contributed by atoms with Gasteiger partial charge in [0.25, 0.3) is 0 Å². The zero-order chi connectivity index (χ0) is 15.8. The van der Waals surface area contributed by atoms with Crippen LogP contribution < -0.4 is 0 Å². The van der Waals surface area contributed by atoms with Crippen molar-refractivity contribution in [2.45, 2.75) is 25.7 Å². The molecule has 0 aliphatic carbocycles. The van der Waals surface area contributed by atoms with Crippen LogP contribution in [0.5, 0.6) is 0 Å². The third kappa shape index (κ3) is 4.70. The summed E-state index contributed by atoms with van der Waals surface area (Å²) in [7, 11) is 0. The molecular formula is C18H20O3S. The van der Waals surface area contributed by atoms with Crippen molar-refractivity contribution < 1.29 is 14.6 Å². The molecule has 0 heterocycles. The summed E-state index contributed by atoms with van der Waals surface area (Å²) in [5.41, 5.74) is 1.66. The minimum Gasteiger partial charge on any atom is -0.385 e. The van der Waals surface area contributed by atoms with E-state index in [1.807, 2.05) is 55.5 Å². The van der Waals surface area contributed by atoms with Crippen molar-refractivity contribution in [3.05, 3.63) is 71.8 Å². The molecule has 0 saturated carbocycles. The first-order valence-corrected chi connectivity index (χ1v) is 8.26. The van der Waals surface area contributed by atoms with Crippen molar-refractivity contribution >= 4 is 16.9 Å². The standard InChI is InChI=1S/C18H20O3S/c1-2-22-18(20)17(16(19)15-11-7-4-8-12-15)21-13-14-9-5-3-6-10-14/h3-12,16-17,19H,2,13H2,1H3/t16-,17+/m1/s1. The second-order valence-electron chi connectivity index (χ2n) is 4.82. The first kappa shape index (κ1) is 16.7. The third-order valence-electron chi connectivity index (χ3n) is 3.22. The van der Waals surface area contributed by atoms with Crippen LogP contribution >= 0.6 is 11.8 Å². The largest absolute Gasteiger partial charge is 0.385 e. The van der Waals surface area contributed by atoms with Crippen LogP contribution in [0.3, 0.4) is 0 Å². The molecule has 2 rings (SSSR count). The van der Waals surface area contributed by atoms with E-state index in [9.17, 15) is 9.90 Å². The van der Waals surface area contributed by atoms with Crippen LogP contribution in [0.1, 0.15) is 24.2 Å². The maximum absolute atomic E-state index is 12.3. The molecule has 0 amide bonds. The number of aliphatic hydroxyl groups is 1. The second kappa shape index (κ2) is 8.73. The van der Waals surface area contributed by atoms with E-state index in [4.69, 9.17) is 4.74 Å². The van der Waals surface area contributed by atoms with E-state index in [2.05, 4.69) is 0 Å². The molecule has 0 aromatic heterocycles. The van der Waals surface area contributed by atoms with E-state index in [0.717, 1.165) is 5.56 Å². The van der Waals surface area contributed by atoms with Crippen molar-refractivity contribution in [2.24, 2.45) is 0 Å². The number of rotatable bonds is 7. The summed E-state index contributed by atoms with van der Waals surface area (Å²) >= 11 is 1.17. The number of aliphatic hydroxyl groups excluding tert-OH is 1. The smallest absolute Gasteiger partial charge is 0.220 e. The number of ether oxygens (including phenoxy) is 1. The average molecular weight is 316 g/mol. The van der Waals surface area contributed by atoms with Gasteiger partial charge < -0.3 is 9.84 Å². The second-order valence-corrected chi connectivity index (χ2v) is 6.09. The Hall–Kier alpha value is -1.62. The number of hydrogen-bond acceptors (Lipinski definition) is 4. The van der Waals surface area contributed by atoms with E-state index in [0.29, 0.717) is 17.9 Å². The Morgan fingerprint density at radius 1 is 1.09 bits per heavy atom. The molecular weight excluding hydrogens is 296 g/mol. The van der Waals surface area contributed by atoms with Crippen molar-refractivity contribution in [2.75, 3.05) is 5.75 Å². The molecule has 0 aliphatic rings. The number of carbonyl (C=O) groups is 1. The average Bonchev–Trinajstić information content (AvgIpc) is 2.57. The summed E-state index contributed by atoms with van der Waals surface area (Å²) in [6.45, 7) is 2.21. The van der Waals surface area contributed by atoms with Gasteiger partial charge in [-0.3, -0.25) is 4.79 Å². The Morgan fingerprint density at radius 3 is 2.27 bits per heavy atom. The predicted octanol–water partition coefficient (Wildman–Crippen LogP) is 3.59. The van der Waals surface area contributed by atoms with Crippen LogP contribution in [0.2, 0.25) is 0 Å². The van der Waals surface area contributed by atoms with Gasteiger partial charge in [-0.05, 0) is 16.9 Å². The van der Waals surface area contributed by atoms with E-state index in [-0.39, 0.29) is 5.12 Å². The van der Waals surface area contributed by atoms with Gasteiger partial charge in [-0.2, -0.15) is 0 Å². The number of benzene rings is 2. The van der Waals surface area contributed by atoms with E-state index in [1.54, 1.807) is 12.1 Å². The highest BCUT2D eigenvalue weighted by atomic mass is 32.2. The van der Waals surface area contributed by atoms with Crippen molar-refractivity contribution in [1.29, 1.82) is 0 Å². The molecule has 2 aromatic rings. The van der Waals surface area contributed by atoms with Crippen molar-refractivity contribution in [1.82, 2.24) is 0 Å². The molecule has 2 atom stereocenters. The Bertz CT molecular complexity index is 571. The summed E-state index contributed by atoms with van der Waals surface area (Å²) < 4.78 is 5.74. The van der Waals surface area contributed by atoms with Crippen LogP contribution in [0, 0.1) is 0 Å². The molecule has 0 bridgehead atoms. The normalized spacial score (nSPS) is 13.5. The molecule has 4 heteroatoms. The summed E-state index contributed by atoms with van der Waals surface area (Å²) in [6.07, 6.45) is -1.83. The van der Waals surface area contributed by atoms with Gasteiger partial charge >= 0.3 is 0 Å². The highest BCUT2D eigenvalue weighted by Crippen LogP contribution is 2.24. The number of hydrogen-bond donors (Lipinski definition) is 1. The predicted molar refractivity (Wildman–Crippen MR) is 89.6 cm³/mol. The van der Waals surface area contributed by atoms with Crippen LogP contribution in [0.4, 0.5) is 0 Å². The molecule has 0 unspecified atom stereocenters. The lowest BCUT2D eigenvalue weighted by Gasteiger charge is -2.22. The van der Waals surface area contributed by atoms with Gasteiger partial charge in [0.2, 0.25) is 5.12 Å². The van der Waals surface area contributed by atoms with E-state index in [1.165, 1.54) is 11.8 Å². The summed E-state index contributed by atoms with van der Waals surface area (Å²) in [5, 5.41) is 10.4. The highest BCUT2D eigenvalue weighted by molar-refractivity contribution is 8.13. The van der Waals surface area contributed by atoms with Crippen molar-refractivity contribution in [3.63, 3.8) is 0 Å². The zero-order valence-electron chi connectivity index (χ0n) is 12.5. The number of thioether (sulfide) groups is 1. The third-order valence-corrected chi connectivity index (χ3v) is 4.02. The van der Waals surface area contributed by atoms with Gasteiger partial charge in [-0.15, -0.1) is 0 Å². The summed E-state index contributed by atoms with van der Waals surface area (Å²) in [5.74, 6) is 0.658. The maximum atomic E-state index is 12.3. The molecule has 0 spiro atoms. The molecule has 22 heavy (non-hydrogen) atoms. The van der Waals surface area contributed by atoms with Gasteiger partial charge in [0.15, 0.2) is 6.10 Å². The molecule has 0 aliphatic heterocycles. The highest BCUT2D eigenvalue weighted by Gasteiger charge is 2.28. The lowest BCUT2D eigenvalue weighted by Crippen LogP contribution is -2.29. The Morgan fingerprint density at radius 2 is 1.68 bits per heavy atom. The van der Waals surface area contributed by atoms with Gasteiger partial charge in [0.05, 0.1) is 6.61 Å². The van der Waals surface area contributed by atoms with Crippen molar-refractivity contribution in [3.8, 4) is 0 Å². The monoisotopic (exact) mass is 316 g/mol. The molecule has 3 nitrogen and oxygen atoms in total. The Balaban J connectivity index is 2.10. The lowest BCUT2D eigenvalue weighted by atomic mass is 10.1. The molecule has 1 N–H and O–H groups in total. The van der Waals surface area contributed by atoms with Gasteiger partial charge in [-0.1, -0.05) is 79.3 Å². The fourth-order valence-electron chi connectivity index (χ4n) is 2.10. The minimum absolute atomic E-state index is 0.144. The summed E-state index contributed by atoms with van der Waals surface area (Å²) in [6, 6.07) is 18.8. The first-order valence-electron chi connectivity index (χ1n) is 7.27. The molecule has 2 aromatic carbocycles. The van der Waals surface area contributed by atoms with Gasteiger partial charge in [-0.25, -0.2) is 0 Å². The maximum Gasteiger partial charge on any atom is 0.220 e. The van der Waals surface area contributed by atoms with Crippen LogP contribution in [-0.2, 0) is 16.1 Å². The summed E-state index contributed by atoms with van der Waals surface area (Å²) in [4.78, 5) is 12.3.